The summed E-state index contributed by atoms with van der Waals surface area (Å²) in [7, 11) is 0. The van der Waals surface area contributed by atoms with Gasteiger partial charge >= 0.3 is 11.9 Å². The van der Waals surface area contributed by atoms with Gasteiger partial charge < -0.3 is 37.6 Å². The summed E-state index contributed by atoms with van der Waals surface area (Å²) in [4.78, 5) is 69.5. The SMILES string of the molecule is CCC(C)C(N)C(=O)NCC(=O)NC(CCC(N)=O)C(=O)NC(CCC(=O)O)C(=O)O. The van der Waals surface area contributed by atoms with Gasteiger partial charge in [0.2, 0.25) is 23.6 Å². The van der Waals surface area contributed by atoms with Crippen LogP contribution < -0.4 is 27.4 Å². The highest BCUT2D eigenvalue weighted by Crippen LogP contribution is 2.05. The predicted octanol–water partition coefficient (Wildman–Crippen LogP) is -2.34. The first-order valence-electron chi connectivity index (χ1n) is 9.74. The number of nitrogens with one attached hydrogen (secondary N) is 3. The van der Waals surface area contributed by atoms with Crippen molar-refractivity contribution in [1.82, 2.24) is 16.0 Å². The van der Waals surface area contributed by atoms with Crippen LogP contribution >= 0.6 is 0 Å². The number of primary amides is 1. The average molecular weight is 445 g/mol. The van der Waals surface area contributed by atoms with E-state index in [-0.39, 0.29) is 25.2 Å². The fourth-order valence-corrected chi connectivity index (χ4v) is 2.40. The molecule has 0 aliphatic rings. The zero-order chi connectivity index (χ0) is 24.1. The topological polar surface area (TPSA) is 231 Å². The largest absolute Gasteiger partial charge is 0.481 e. The van der Waals surface area contributed by atoms with Crippen molar-refractivity contribution in [2.24, 2.45) is 17.4 Å². The van der Waals surface area contributed by atoms with Crippen LogP contribution in [0.3, 0.4) is 0 Å². The lowest BCUT2D eigenvalue weighted by Gasteiger charge is -2.22. The first kappa shape index (κ1) is 27.8. The monoisotopic (exact) mass is 445 g/mol. The molecule has 0 aliphatic heterocycles. The number of carboxylic acid groups (broad SMARTS) is 2. The Bertz CT molecular complexity index is 684. The molecule has 0 saturated heterocycles. The molecule has 176 valence electrons. The Labute approximate surface area is 179 Å². The lowest BCUT2D eigenvalue weighted by atomic mass is 9.99. The Hall–Kier alpha value is -3.22. The number of nitrogens with two attached hydrogens (primary N) is 2. The van der Waals surface area contributed by atoms with Gasteiger partial charge in [0.1, 0.15) is 12.1 Å². The molecule has 0 aromatic heterocycles. The van der Waals surface area contributed by atoms with Gasteiger partial charge in [-0.15, -0.1) is 0 Å². The van der Waals surface area contributed by atoms with Crippen molar-refractivity contribution < 1.29 is 39.0 Å². The molecule has 31 heavy (non-hydrogen) atoms. The lowest BCUT2D eigenvalue weighted by molar-refractivity contribution is -0.143. The van der Waals surface area contributed by atoms with Crippen LogP contribution in [0.25, 0.3) is 0 Å². The molecule has 9 N–H and O–H groups in total. The highest BCUT2D eigenvalue weighted by atomic mass is 16.4. The summed E-state index contributed by atoms with van der Waals surface area (Å²) < 4.78 is 0. The van der Waals surface area contributed by atoms with Gasteiger partial charge in [-0.05, 0) is 18.8 Å². The molecule has 0 aromatic rings. The Balaban J connectivity index is 5.03. The fourth-order valence-electron chi connectivity index (χ4n) is 2.40. The van der Waals surface area contributed by atoms with Crippen molar-refractivity contribution in [1.29, 1.82) is 0 Å². The number of carbonyl (C=O) groups is 6. The smallest absolute Gasteiger partial charge is 0.326 e. The predicted molar refractivity (Wildman–Crippen MR) is 107 cm³/mol. The van der Waals surface area contributed by atoms with Gasteiger partial charge in [-0.25, -0.2) is 4.79 Å². The Morgan fingerprint density at radius 3 is 1.97 bits per heavy atom. The lowest BCUT2D eigenvalue weighted by Crippen LogP contribution is -2.54. The molecule has 0 spiro atoms. The summed E-state index contributed by atoms with van der Waals surface area (Å²) in [5.74, 6) is -5.83. The number of amides is 4. The van der Waals surface area contributed by atoms with Crippen LogP contribution in [-0.2, 0) is 28.8 Å². The maximum Gasteiger partial charge on any atom is 0.326 e. The molecule has 13 nitrogen and oxygen atoms in total. The van der Waals surface area contributed by atoms with E-state index in [0.29, 0.717) is 6.42 Å². The van der Waals surface area contributed by atoms with Gasteiger partial charge in [0.05, 0.1) is 12.6 Å². The first-order valence-corrected chi connectivity index (χ1v) is 9.74. The Morgan fingerprint density at radius 2 is 1.48 bits per heavy atom. The second kappa shape index (κ2) is 13.9. The second-order valence-corrected chi connectivity index (χ2v) is 7.09. The maximum atomic E-state index is 12.4. The summed E-state index contributed by atoms with van der Waals surface area (Å²) in [6, 6.07) is -3.66. The molecule has 4 unspecified atom stereocenters. The second-order valence-electron chi connectivity index (χ2n) is 7.09. The quantitative estimate of drug-likeness (QED) is 0.143. The third-order valence-corrected chi connectivity index (χ3v) is 4.58. The van der Waals surface area contributed by atoms with Gasteiger partial charge in [-0.1, -0.05) is 20.3 Å². The molecule has 0 saturated carbocycles. The molecule has 0 bridgehead atoms. The summed E-state index contributed by atoms with van der Waals surface area (Å²) in [6.07, 6.45) is -0.730. The molecule has 4 atom stereocenters. The van der Waals surface area contributed by atoms with Gasteiger partial charge in [-0.2, -0.15) is 0 Å². The molecule has 0 aromatic carbocycles. The van der Waals surface area contributed by atoms with Crippen LogP contribution in [0.5, 0.6) is 0 Å². The van der Waals surface area contributed by atoms with Crippen LogP contribution in [0.4, 0.5) is 0 Å². The first-order chi connectivity index (χ1) is 14.4. The Morgan fingerprint density at radius 1 is 0.903 bits per heavy atom. The van der Waals surface area contributed by atoms with Gasteiger partial charge in [0.25, 0.3) is 0 Å². The third-order valence-electron chi connectivity index (χ3n) is 4.58. The Kier molecular flexibility index (Phi) is 12.5. The molecule has 4 amide bonds. The fraction of sp³-hybridized carbons (Fsp3) is 0.667. The molecule has 13 heteroatoms. The van der Waals surface area contributed by atoms with Crippen LogP contribution in [0.15, 0.2) is 0 Å². The minimum atomic E-state index is -1.51. The minimum absolute atomic E-state index is 0.115. The number of hydrogen-bond donors (Lipinski definition) is 7. The summed E-state index contributed by atoms with van der Waals surface area (Å²) >= 11 is 0. The van der Waals surface area contributed by atoms with E-state index in [9.17, 15) is 28.8 Å². The zero-order valence-electron chi connectivity index (χ0n) is 17.6. The number of carbonyl (C=O) groups excluding carboxylic acids is 4. The van der Waals surface area contributed by atoms with Crippen molar-refractivity contribution in [2.45, 2.75) is 64.1 Å². The zero-order valence-corrected chi connectivity index (χ0v) is 17.6. The van der Waals surface area contributed by atoms with Crippen molar-refractivity contribution in [3.8, 4) is 0 Å². The van der Waals surface area contributed by atoms with E-state index < -0.39 is 66.7 Å². The van der Waals surface area contributed by atoms with Gasteiger partial charge in [0.15, 0.2) is 0 Å². The van der Waals surface area contributed by atoms with Crippen LogP contribution in [0, 0.1) is 5.92 Å². The van der Waals surface area contributed by atoms with E-state index in [1.54, 1.807) is 6.92 Å². The van der Waals surface area contributed by atoms with Gasteiger partial charge in [0, 0.05) is 12.8 Å². The van der Waals surface area contributed by atoms with Crippen LogP contribution in [-0.4, -0.2) is 70.5 Å². The molecule has 0 fully saturated rings. The van der Waals surface area contributed by atoms with Crippen molar-refractivity contribution in [3.63, 3.8) is 0 Å². The number of aliphatic carboxylic acids is 2. The van der Waals surface area contributed by atoms with Crippen molar-refractivity contribution in [2.75, 3.05) is 6.54 Å². The third kappa shape index (κ3) is 11.5. The summed E-state index contributed by atoms with van der Waals surface area (Å²) in [6.45, 7) is 3.13. The average Bonchev–Trinajstić information content (AvgIpc) is 2.70. The standard InChI is InChI=1S/C18H31N5O8/c1-3-9(2)15(20)17(29)21-8-13(25)22-10(4-6-12(19)24)16(28)23-11(18(30)31)5-7-14(26)27/h9-11,15H,3-8,20H2,1-2H3,(H2,19,24)(H,21,29)(H,22,25)(H,23,28)(H,26,27)(H,30,31). The van der Waals surface area contributed by atoms with E-state index >= 15 is 0 Å². The van der Waals surface area contributed by atoms with E-state index in [0.717, 1.165) is 0 Å². The maximum absolute atomic E-state index is 12.4. The van der Waals surface area contributed by atoms with E-state index in [1.165, 1.54) is 0 Å². The van der Waals surface area contributed by atoms with Crippen LogP contribution in [0.2, 0.25) is 0 Å². The molecule has 0 aliphatic carbocycles. The molecule has 0 heterocycles. The molecule has 0 radical (unpaired) electrons. The summed E-state index contributed by atoms with van der Waals surface area (Å²) in [5.41, 5.74) is 10.8. The van der Waals surface area contributed by atoms with Gasteiger partial charge in [-0.3, -0.25) is 24.0 Å². The van der Waals surface area contributed by atoms with Crippen molar-refractivity contribution >= 4 is 35.6 Å². The van der Waals surface area contributed by atoms with E-state index in [4.69, 9.17) is 21.7 Å². The number of carboxylic acids is 2. The number of hydrogen-bond acceptors (Lipinski definition) is 7. The molecule has 0 rings (SSSR count). The molecular weight excluding hydrogens is 414 g/mol. The van der Waals surface area contributed by atoms with Crippen LogP contribution in [0.1, 0.15) is 46.0 Å². The highest BCUT2D eigenvalue weighted by Gasteiger charge is 2.27. The summed E-state index contributed by atoms with van der Waals surface area (Å²) in [5, 5.41) is 24.6. The number of rotatable bonds is 15. The van der Waals surface area contributed by atoms with E-state index in [2.05, 4.69) is 16.0 Å². The van der Waals surface area contributed by atoms with Crippen molar-refractivity contribution in [3.05, 3.63) is 0 Å². The molecular formula is C18H31N5O8. The highest BCUT2D eigenvalue weighted by molar-refractivity contribution is 5.93. The minimum Gasteiger partial charge on any atom is -0.481 e. The normalized spacial score (nSPS) is 14.4. The van der Waals surface area contributed by atoms with E-state index in [1.807, 2.05) is 6.92 Å².